The molecule has 1 aliphatic rings. The Hall–Kier alpha value is -1.81. The van der Waals surface area contributed by atoms with E-state index >= 15 is 0 Å². The number of H-pyrrole nitrogens is 1. The van der Waals surface area contributed by atoms with Crippen LogP contribution in [0.1, 0.15) is 32.3 Å². The van der Waals surface area contributed by atoms with Crippen LogP contribution in [-0.4, -0.2) is 34.1 Å². The number of aromatic amines is 1. The molecule has 0 saturated carbocycles. The van der Waals surface area contributed by atoms with E-state index in [0.717, 1.165) is 31.2 Å². The number of hydrogen-bond acceptors (Lipinski definition) is 3. The molecule has 2 heterocycles. The molecule has 1 aliphatic heterocycles. The van der Waals surface area contributed by atoms with E-state index in [1.165, 1.54) is 5.69 Å². The van der Waals surface area contributed by atoms with Gasteiger partial charge >= 0.3 is 0 Å². The highest BCUT2D eigenvalue weighted by molar-refractivity contribution is 5.21. The zero-order chi connectivity index (χ0) is 14.9. The lowest BCUT2D eigenvalue weighted by Crippen LogP contribution is -2.53. The van der Waals surface area contributed by atoms with Crippen LogP contribution in [0.15, 0.2) is 36.5 Å². The molecule has 0 spiro atoms. The van der Waals surface area contributed by atoms with E-state index in [0.29, 0.717) is 6.10 Å². The molecule has 1 aromatic carbocycles. The van der Waals surface area contributed by atoms with Gasteiger partial charge in [0.2, 0.25) is 0 Å². The number of likely N-dealkylation sites (tertiary alicyclic amines) is 1. The maximum atomic E-state index is 5.91. The van der Waals surface area contributed by atoms with Crippen molar-refractivity contribution in [1.82, 2.24) is 14.9 Å². The van der Waals surface area contributed by atoms with Crippen molar-refractivity contribution >= 4 is 0 Å². The van der Waals surface area contributed by atoms with E-state index in [2.05, 4.69) is 35.6 Å². The topological polar surface area (TPSA) is 41.2 Å². The molecule has 0 unspecified atom stereocenters. The van der Waals surface area contributed by atoms with Crippen molar-refractivity contribution in [1.29, 1.82) is 0 Å². The second-order valence-corrected chi connectivity index (χ2v) is 6.75. The van der Waals surface area contributed by atoms with Crippen LogP contribution >= 0.6 is 0 Å². The minimum atomic E-state index is 0.0755. The number of imidazole rings is 1. The SMILES string of the molecule is CC(C)(C)c1ncc(CN2CC(Oc3ccccc3)C2)[nH]1. The first-order valence-electron chi connectivity index (χ1n) is 7.49. The molecule has 2 aromatic rings. The number of nitrogens with zero attached hydrogens (tertiary/aromatic N) is 2. The quantitative estimate of drug-likeness (QED) is 0.939. The summed E-state index contributed by atoms with van der Waals surface area (Å²) in [7, 11) is 0. The zero-order valence-corrected chi connectivity index (χ0v) is 13.0. The van der Waals surface area contributed by atoms with Crippen molar-refractivity contribution in [3.05, 3.63) is 48.0 Å². The first kappa shape index (κ1) is 14.1. The predicted molar refractivity (Wildman–Crippen MR) is 83.4 cm³/mol. The van der Waals surface area contributed by atoms with Crippen LogP contribution in [0.2, 0.25) is 0 Å². The lowest BCUT2D eigenvalue weighted by molar-refractivity contribution is 0.0138. The molecule has 4 heteroatoms. The Bertz CT molecular complexity index is 580. The van der Waals surface area contributed by atoms with Gasteiger partial charge in [-0.05, 0) is 12.1 Å². The van der Waals surface area contributed by atoms with Crippen molar-refractivity contribution in [3.8, 4) is 5.75 Å². The highest BCUT2D eigenvalue weighted by atomic mass is 16.5. The second kappa shape index (κ2) is 5.53. The largest absolute Gasteiger partial charge is 0.488 e. The lowest BCUT2D eigenvalue weighted by Gasteiger charge is -2.38. The molecule has 0 radical (unpaired) electrons. The Morgan fingerprint density at radius 1 is 1.24 bits per heavy atom. The molecular weight excluding hydrogens is 262 g/mol. The standard InChI is InChI=1S/C17H23N3O/c1-17(2,3)16-18-9-13(19-16)10-20-11-15(12-20)21-14-7-5-4-6-8-14/h4-9,15H,10-12H2,1-3H3,(H,18,19). The molecule has 3 rings (SSSR count). The van der Waals surface area contributed by atoms with E-state index in [1.54, 1.807) is 0 Å². The zero-order valence-electron chi connectivity index (χ0n) is 13.0. The average Bonchev–Trinajstić information content (AvgIpc) is 2.86. The molecule has 1 saturated heterocycles. The van der Waals surface area contributed by atoms with Gasteiger partial charge in [-0.25, -0.2) is 4.98 Å². The van der Waals surface area contributed by atoms with E-state index < -0.39 is 0 Å². The summed E-state index contributed by atoms with van der Waals surface area (Å²) in [5, 5.41) is 0. The Labute approximate surface area is 126 Å². The highest BCUT2D eigenvalue weighted by Gasteiger charge is 2.29. The van der Waals surface area contributed by atoms with Crippen molar-refractivity contribution in [2.24, 2.45) is 0 Å². The molecule has 4 nitrogen and oxygen atoms in total. The van der Waals surface area contributed by atoms with Gasteiger partial charge in [-0.3, -0.25) is 4.90 Å². The van der Waals surface area contributed by atoms with Crippen LogP contribution in [0.4, 0.5) is 0 Å². The maximum Gasteiger partial charge on any atom is 0.124 e. The molecule has 0 amide bonds. The maximum absolute atomic E-state index is 5.91. The van der Waals surface area contributed by atoms with Crippen LogP contribution < -0.4 is 4.74 Å². The molecule has 0 atom stereocenters. The van der Waals surface area contributed by atoms with Crippen LogP contribution in [0, 0.1) is 0 Å². The molecular formula is C17H23N3O. The highest BCUT2D eigenvalue weighted by Crippen LogP contribution is 2.21. The second-order valence-electron chi connectivity index (χ2n) is 6.75. The third-order valence-electron chi connectivity index (χ3n) is 3.70. The summed E-state index contributed by atoms with van der Waals surface area (Å²) < 4.78 is 5.91. The Balaban J connectivity index is 1.48. The van der Waals surface area contributed by atoms with Gasteiger partial charge in [-0.1, -0.05) is 39.0 Å². The van der Waals surface area contributed by atoms with Gasteiger partial charge in [-0.2, -0.15) is 0 Å². The third kappa shape index (κ3) is 3.45. The average molecular weight is 285 g/mol. The predicted octanol–water partition coefficient (Wildman–Crippen LogP) is 2.97. The Morgan fingerprint density at radius 2 is 1.95 bits per heavy atom. The Morgan fingerprint density at radius 3 is 2.57 bits per heavy atom. The molecule has 1 N–H and O–H groups in total. The lowest BCUT2D eigenvalue weighted by atomic mass is 9.96. The first-order chi connectivity index (χ1) is 10.0. The molecule has 0 bridgehead atoms. The fourth-order valence-corrected chi connectivity index (χ4v) is 2.48. The van der Waals surface area contributed by atoms with E-state index in [9.17, 15) is 0 Å². The summed E-state index contributed by atoms with van der Waals surface area (Å²) in [5.41, 5.74) is 1.25. The van der Waals surface area contributed by atoms with Crippen molar-refractivity contribution in [2.75, 3.05) is 13.1 Å². The normalized spacial score (nSPS) is 16.7. The summed E-state index contributed by atoms with van der Waals surface area (Å²) in [6.07, 6.45) is 2.25. The fourth-order valence-electron chi connectivity index (χ4n) is 2.48. The van der Waals surface area contributed by atoms with Crippen molar-refractivity contribution in [3.63, 3.8) is 0 Å². The summed E-state index contributed by atoms with van der Waals surface area (Å²) in [5.74, 6) is 2.01. The summed E-state index contributed by atoms with van der Waals surface area (Å²) in [6, 6.07) is 10.0. The van der Waals surface area contributed by atoms with E-state index in [-0.39, 0.29) is 5.41 Å². The first-order valence-corrected chi connectivity index (χ1v) is 7.49. The van der Waals surface area contributed by atoms with Crippen molar-refractivity contribution < 1.29 is 4.74 Å². The Kier molecular flexibility index (Phi) is 3.72. The number of aromatic nitrogens is 2. The van der Waals surface area contributed by atoms with Gasteiger partial charge in [0.05, 0.1) is 0 Å². The van der Waals surface area contributed by atoms with Crippen LogP contribution in [-0.2, 0) is 12.0 Å². The number of para-hydroxylation sites is 1. The number of ether oxygens (including phenoxy) is 1. The summed E-state index contributed by atoms with van der Waals surface area (Å²) in [6.45, 7) is 9.37. The van der Waals surface area contributed by atoms with E-state index in [1.807, 2.05) is 36.5 Å². The van der Waals surface area contributed by atoms with Gasteiger partial charge < -0.3 is 9.72 Å². The van der Waals surface area contributed by atoms with Gasteiger partial charge in [0.1, 0.15) is 17.7 Å². The van der Waals surface area contributed by atoms with Gasteiger partial charge in [0, 0.05) is 36.9 Å². The minimum absolute atomic E-state index is 0.0755. The molecule has 1 fully saturated rings. The molecule has 1 aromatic heterocycles. The van der Waals surface area contributed by atoms with Crippen LogP contribution in [0.25, 0.3) is 0 Å². The number of benzene rings is 1. The van der Waals surface area contributed by atoms with Crippen LogP contribution in [0.5, 0.6) is 5.75 Å². The summed E-state index contributed by atoms with van der Waals surface area (Å²) >= 11 is 0. The van der Waals surface area contributed by atoms with E-state index in [4.69, 9.17) is 4.74 Å². The fraction of sp³-hybridized carbons (Fsp3) is 0.471. The summed E-state index contributed by atoms with van der Waals surface area (Å²) in [4.78, 5) is 10.3. The third-order valence-corrected chi connectivity index (χ3v) is 3.70. The van der Waals surface area contributed by atoms with Crippen molar-refractivity contribution in [2.45, 2.75) is 38.8 Å². The molecule has 21 heavy (non-hydrogen) atoms. The van der Waals surface area contributed by atoms with Gasteiger partial charge in [0.25, 0.3) is 0 Å². The van der Waals surface area contributed by atoms with Gasteiger partial charge in [-0.15, -0.1) is 0 Å². The number of nitrogens with one attached hydrogen (secondary N) is 1. The molecule has 0 aliphatic carbocycles. The number of hydrogen-bond donors (Lipinski definition) is 1. The smallest absolute Gasteiger partial charge is 0.124 e. The van der Waals surface area contributed by atoms with Crippen LogP contribution in [0.3, 0.4) is 0 Å². The molecule has 112 valence electrons. The minimum Gasteiger partial charge on any atom is -0.488 e. The van der Waals surface area contributed by atoms with Gasteiger partial charge in [0.15, 0.2) is 0 Å². The monoisotopic (exact) mass is 285 g/mol. The number of rotatable bonds is 4.